The summed E-state index contributed by atoms with van der Waals surface area (Å²) in [6.07, 6.45) is 0. The van der Waals surface area contributed by atoms with Crippen LogP contribution < -0.4 is 4.90 Å². The van der Waals surface area contributed by atoms with Gasteiger partial charge in [0.15, 0.2) is 0 Å². The Bertz CT molecular complexity index is 397. The molecule has 0 radical (unpaired) electrons. The van der Waals surface area contributed by atoms with Crippen molar-refractivity contribution in [2.24, 2.45) is 0 Å². The highest BCUT2D eigenvalue weighted by molar-refractivity contribution is 6.17. The average molecular weight is 257 g/mol. The van der Waals surface area contributed by atoms with Crippen molar-refractivity contribution in [2.75, 3.05) is 31.6 Å². The number of benzene rings is 1. The molecule has 1 aromatic rings. The van der Waals surface area contributed by atoms with Gasteiger partial charge in [-0.3, -0.25) is 0 Å². The van der Waals surface area contributed by atoms with Crippen molar-refractivity contribution in [3.63, 3.8) is 0 Å². The lowest BCUT2D eigenvalue weighted by atomic mass is 10.1. The van der Waals surface area contributed by atoms with Crippen LogP contribution in [0.15, 0.2) is 18.2 Å². The van der Waals surface area contributed by atoms with Crippen molar-refractivity contribution < 1.29 is 4.39 Å². The molecule has 1 unspecified atom stereocenters. The molecule has 94 valence electrons. The van der Waals surface area contributed by atoms with Gasteiger partial charge in [0.2, 0.25) is 0 Å². The molecule has 1 aromatic carbocycles. The second-order valence-corrected chi connectivity index (χ2v) is 4.92. The SMILES string of the molecule is CC1CN(c2c(F)cccc2CCl)CCN1C. The predicted molar refractivity (Wildman–Crippen MR) is 70.3 cm³/mol. The van der Waals surface area contributed by atoms with Crippen LogP contribution in [0.1, 0.15) is 12.5 Å². The van der Waals surface area contributed by atoms with E-state index in [2.05, 4.69) is 23.8 Å². The zero-order valence-corrected chi connectivity index (χ0v) is 11.0. The number of para-hydroxylation sites is 1. The van der Waals surface area contributed by atoms with Gasteiger partial charge in [-0.15, -0.1) is 11.6 Å². The fourth-order valence-corrected chi connectivity index (χ4v) is 2.49. The third-order valence-corrected chi connectivity index (χ3v) is 3.78. The quantitative estimate of drug-likeness (QED) is 0.751. The molecular formula is C13H18ClFN2. The molecule has 2 nitrogen and oxygen atoms in total. The zero-order chi connectivity index (χ0) is 12.4. The van der Waals surface area contributed by atoms with Crippen LogP contribution in [-0.4, -0.2) is 37.6 Å². The van der Waals surface area contributed by atoms with Gasteiger partial charge in [-0.1, -0.05) is 12.1 Å². The van der Waals surface area contributed by atoms with Crippen LogP contribution in [0.3, 0.4) is 0 Å². The molecule has 1 heterocycles. The minimum Gasteiger partial charge on any atom is -0.366 e. The van der Waals surface area contributed by atoms with Gasteiger partial charge in [-0.25, -0.2) is 4.39 Å². The molecule has 1 atom stereocenters. The Morgan fingerprint density at radius 1 is 1.41 bits per heavy atom. The number of hydrogen-bond acceptors (Lipinski definition) is 2. The molecule has 0 bridgehead atoms. The molecule has 0 N–H and O–H groups in total. The number of likely N-dealkylation sites (N-methyl/N-ethyl adjacent to an activating group) is 1. The molecular weight excluding hydrogens is 239 g/mol. The van der Waals surface area contributed by atoms with E-state index in [1.54, 1.807) is 6.07 Å². The van der Waals surface area contributed by atoms with Crippen LogP contribution in [0, 0.1) is 5.82 Å². The maximum absolute atomic E-state index is 13.9. The first-order valence-corrected chi connectivity index (χ1v) is 6.45. The summed E-state index contributed by atoms with van der Waals surface area (Å²) in [5.41, 5.74) is 1.56. The van der Waals surface area contributed by atoms with Crippen LogP contribution in [0.5, 0.6) is 0 Å². The summed E-state index contributed by atoms with van der Waals surface area (Å²) >= 11 is 5.88. The largest absolute Gasteiger partial charge is 0.366 e. The molecule has 0 amide bonds. The molecule has 1 saturated heterocycles. The summed E-state index contributed by atoms with van der Waals surface area (Å²) in [6, 6.07) is 5.56. The number of rotatable bonds is 2. The monoisotopic (exact) mass is 256 g/mol. The smallest absolute Gasteiger partial charge is 0.146 e. The third kappa shape index (κ3) is 2.55. The number of nitrogens with zero attached hydrogens (tertiary/aromatic N) is 2. The average Bonchev–Trinajstić information content (AvgIpc) is 2.32. The summed E-state index contributed by atoms with van der Waals surface area (Å²) in [5, 5.41) is 0. The van der Waals surface area contributed by atoms with Gasteiger partial charge in [0, 0.05) is 31.6 Å². The predicted octanol–water partition coefficient (Wildman–Crippen LogP) is 2.70. The Hall–Kier alpha value is -0.800. The van der Waals surface area contributed by atoms with Crippen LogP contribution in [0.25, 0.3) is 0 Å². The lowest BCUT2D eigenvalue weighted by Crippen LogP contribution is -2.50. The summed E-state index contributed by atoms with van der Waals surface area (Å²) < 4.78 is 13.9. The van der Waals surface area contributed by atoms with E-state index in [4.69, 9.17) is 11.6 Å². The van der Waals surface area contributed by atoms with Gasteiger partial charge < -0.3 is 9.80 Å². The van der Waals surface area contributed by atoms with E-state index in [1.807, 2.05) is 6.07 Å². The highest BCUT2D eigenvalue weighted by atomic mass is 35.5. The van der Waals surface area contributed by atoms with E-state index in [-0.39, 0.29) is 5.82 Å². The minimum atomic E-state index is -0.167. The zero-order valence-electron chi connectivity index (χ0n) is 10.3. The highest BCUT2D eigenvalue weighted by Crippen LogP contribution is 2.27. The maximum atomic E-state index is 13.9. The Morgan fingerprint density at radius 3 is 2.82 bits per heavy atom. The third-order valence-electron chi connectivity index (χ3n) is 3.49. The molecule has 0 aliphatic carbocycles. The van der Waals surface area contributed by atoms with E-state index < -0.39 is 0 Å². The molecule has 0 aromatic heterocycles. The number of alkyl halides is 1. The summed E-state index contributed by atoms with van der Waals surface area (Å²) in [5.74, 6) is 0.188. The Morgan fingerprint density at radius 2 is 2.18 bits per heavy atom. The van der Waals surface area contributed by atoms with Crippen LogP contribution in [0.2, 0.25) is 0 Å². The van der Waals surface area contributed by atoms with Gasteiger partial charge in [-0.2, -0.15) is 0 Å². The second-order valence-electron chi connectivity index (χ2n) is 4.66. The summed E-state index contributed by atoms with van der Waals surface area (Å²) in [6.45, 7) is 4.82. The van der Waals surface area contributed by atoms with E-state index >= 15 is 0 Å². The molecule has 2 rings (SSSR count). The van der Waals surface area contributed by atoms with Crippen molar-refractivity contribution in [2.45, 2.75) is 18.8 Å². The first kappa shape index (κ1) is 12.7. The van der Waals surface area contributed by atoms with Gasteiger partial charge in [0.25, 0.3) is 0 Å². The van der Waals surface area contributed by atoms with E-state index in [0.29, 0.717) is 17.6 Å². The Kier molecular flexibility index (Phi) is 3.89. The number of piperazine rings is 1. The molecule has 1 aliphatic heterocycles. The molecule has 4 heteroatoms. The van der Waals surface area contributed by atoms with Gasteiger partial charge in [-0.05, 0) is 25.6 Å². The van der Waals surface area contributed by atoms with Crippen molar-refractivity contribution in [1.29, 1.82) is 0 Å². The Balaban J connectivity index is 2.28. The number of hydrogen-bond donors (Lipinski definition) is 0. The lowest BCUT2D eigenvalue weighted by Gasteiger charge is -2.39. The van der Waals surface area contributed by atoms with E-state index in [9.17, 15) is 4.39 Å². The lowest BCUT2D eigenvalue weighted by molar-refractivity contribution is 0.233. The van der Waals surface area contributed by atoms with Crippen LogP contribution in [0.4, 0.5) is 10.1 Å². The van der Waals surface area contributed by atoms with Crippen molar-refractivity contribution in [3.05, 3.63) is 29.6 Å². The van der Waals surface area contributed by atoms with Crippen molar-refractivity contribution in [1.82, 2.24) is 4.90 Å². The van der Waals surface area contributed by atoms with Crippen LogP contribution >= 0.6 is 11.6 Å². The van der Waals surface area contributed by atoms with Gasteiger partial charge in [0.05, 0.1) is 5.69 Å². The molecule has 1 aliphatic rings. The first-order chi connectivity index (χ1) is 8.13. The summed E-state index contributed by atoms with van der Waals surface area (Å²) in [7, 11) is 2.10. The molecule has 1 fully saturated rings. The van der Waals surface area contributed by atoms with Crippen LogP contribution in [-0.2, 0) is 5.88 Å². The molecule has 0 saturated carbocycles. The Labute approximate surface area is 107 Å². The minimum absolute atomic E-state index is 0.167. The molecule has 0 spiro atoms. The maximum Gasteiger partial charge on any atom is 0.146 e. The second kappa shape index (κ2) is 5.23. The number of halogens is 2. The van der Waals surface area contributed by atoms with E-state index in [1.165, 1.54) is 6.07 Å². The molecule has 17 heavy (non-hydrogen) atoms. The summed E-state index contributed by atoms with van der Waals surface area (Å²) in [4.78, 5) is 4.40. The fraction of sp³-hybridized carbons (Fsp3) is 0.538. The van der Waals surface area contributed by atoms with Crippen molar-refractivity contribution in [3.8, 4) is 0 Å². The topological polar surface area (TPSA) is 6.48 Å². The van der Waals surface area contributed by atoms with Crippen molar-refractivity contribution >= 4 is 17.3 Å². The first-order valence-electron chi connectivity index (χ1n) is 5.92. The van der Waals surface area contributed by atoms with Gasteiger partial charge >= 0.3 is 0 Å². The number of anilines is 1. The van der Waals surface area contributed by atoms with E-state index in [0.717, 1.165) is 25.2 Å². The highest BCUT2D eigenvalue weighted by Gasteiger charge is 2.24. The fourth-order valence-electron chi connectivity index (χ4n) is 2.27. The van der Waals surface area contributed by atoms with Gasteiger partial charge in [0.1, 0.15) is 5.82 Å². The normalized spacial score (nSPS) is 21.9. The standard InChI is InChI=1S/C13H18ClFN2/c1-10-9-17(7-6-16(10)2)13-11(8-14)4-3-5-12(13)15/h3-5,10H,6-9H2,1-2H3.